The molecule has 0 spiro atoms. The molecular formula is C18H15N5O7S. The Morgan fingerprint density at radius 3 is 2.65 bits per heavy atom. The van der Waals surface area contributed by atoms with Crippen molar-refractivity contribution in [2.24, 2.45) is 5.14 Å². The number of nitrogens with one attached hydrogen (secondary N) is 2. The van der Waals surface area contributed by atoms with E-state index in [2.05, 4.69) is 15.3 Å². The lowest BCUT2D eigenvalue weighted by molar-refractivity contribution is -0.384. The van der Waals surface area contributed by atoms with Gasteiger partial charge in [0.2, 0.25) is 10.0 Å². The summed E-state index contributed by atoms with van der Waals surface area (Å²) in [6.45, 7) is -0.649. The van der Waals surface area contributed by atoms with Crippen molar-refractivity contribution in [1.82, 2.24) is 9.97 Å². The summed E-state index contributed by atoms with van der Waals surface area (Å²) in [5, 5.41) is 18.3. The second-order valence-electron chi connectivity index (χ2n) is 6.15. The van der Waals surface area contributed by atoms with Crippen LogP contribution in [0.4, 0.5) is 11.4 Å². The van der Waals surface area contributed by atoms with E-state index in [-0.39, 0.29) is 27.8 Å². The number of primary sulfonamides is 1. The van der Waals surface area contributed by atoms with Crippen LogP contribution in [0.1, 0.15) is 10.5 Å². The van der Waals surface area contributed by atoms with Gasteiger partial charge in [-0.1, -0.05) is 18.2 Å². The van der Waals surface area contributed by atoms with Crippen molar-refractivity contribution in [2.45, 2.75) is 4.90 Å². The van der Waals surface area contributed by atoms with Gasteiger partial charge in [0.05, 0.1) is 16.0 Å². The molecule has 0 saturated heterocycles. The Morgan fingerprint density at radius 1 is 1.19 bits per heavy atom. The van der Waals surface area contributed by atoms with Crippen molar-refractivity contribution >= 4 is 33.3 Å². The van der Waals surface area contributed by atoms with E-state index >= 15 is 0 Å². The van der Waals surface area contributed by atoms with Gasteiger partial charge in [-0.2, -0.15) is 0 Å². The lowest BCUT2D eigenvalue weighted by Gasteiger charge is -2.07. The normalized spacial score (nSPS) is 11.0. The number of nitro benzene ring substituents is 1. The van der Waals surface area contributed by atoms with Crippen LogP contribution in [-0.2, 0) is 19.6 Å². The summed E-state index contributed by atoms with van der Waals surface area (Å²) in [5.74, 6) is -1.38. The summed E-state index contributed by atoms with van der Waals surface area (Å²) in [4.78, 5) is 40.9. The van der Waals surface area contributed by atoms with Crippen LogP contribution in [0.3, 0.4) is 0 Å². The van der Waals surface area contributed by atoms with Crippen LogP contribution in [0.25, 0.3) is 11.4 Å². The molecule has 12 nitrogen and oxygen atoms in total. The molecule has 0 aliphatic carbocycles. The van der Waals surface area contributed by atoms with Crippen LogP contribution in [-0.4, -0.2) is 41.8 Å². The average molecular weight is 445 g/mol. The number of aromatic amines is 1. The summed E-state index contributed by atoms with van der Waals surface area (Å²) in [7, 11) is -3.94. The van der Waals surface area contributed by atoms with Gasteiger partial charge in [0.15, 0.2) is 6.61 Å². The van der Waals surface area contributed by atoms with Gasteiger partial charge in [0, 0.05) is 23.4 Å². The highest BCUT2D eigenvalue weighted by molar-refractivity contribution is 7.89. The summed E-state index contributed by atoms with van der Waals surface area (Å²) in [6, 6.07) is 10.9. The maximum absolute atomic E-state index is 12.1. The summed E-state index contributed by atoms with van der Waals surface area (Å²) in [6.07, 6.45) is 1.17. The van der Waals surface area contributed by atoms with E-state index in [1.54, 1.807) is 6.07 Å². The fourth-order valence-electron chi connectivity index (χ4n) is 2.50. The SMILES string of the molecule is NS(=O)(=O)c1cccc(NC(=O)COC(=O)c2cnc(-c3cccc([N+](=O)[O-])c3)[nH]2)c1. The van der Waals surface area contributed by atoms with Crippen molar-refractivity contribution in [3.63, 3.8) is 0 Å². The molecule has 0 aliphatic heterocycles. The van der Waals surface area contributed by atoms with Crippen molar-refractivity contribution in [1.29, 1.82) is 0 Å². The molecule has 1 aromatic heterocycles. The molecule has 2 aromatic carbocycles. The number of hydrogen-bond acceptors (Lipinski definition) is 8. The van der Waals surface area contributed by atoms with Gasteiger partial charge in [0.1, 0.15) is 11.5 Å². The molecule has 0 atom stereocenters. The van der Waals surface area contributed by atoms with Gasteiger partial charge in [0.25, 0.3) is 11.6 Å². The van der Waals surface area contributed by atoms with Crippen LogP contribution >= 0.6 is 0 Å². The number of hydrogen-bond donors (Lipinski definition) is 3. The Hall–Kier alpha value is -4.10. The maximum Gasteiger partial charge on any atom is 0.356 e. The van der Waals surface area contributed by atoms with E-state index in [0.717, 1.165) is 6.07 Å². The van der Waals surface area contributed by atoms with Crippen molar-refractivity contribution in [3.05, 3.63) is 70.5 Å². The number of amides is 1. The number of nitrogens with two attached hydrogens (primary N) is 1. The number of non-ortho nitro benzene ring substituents is 1. The number of H-pyrrole nitrogens is 1. The van der Waals surface area contributed by atoms with Crippen LogP contribution in [0.15, 0.2) is 59.6 Å². The number of nitrogens with zero attached hydrogens (tertiary/aromatic N) is 2. The molecule has 31 heavy (non-hydrogen) atoms. The summed E-state index contributed by atoms with van der Waals surface area (Å²) in [5.41, 5.74) is 0.342. The second-order valence-corrected chi connectivity index (χ2v) is 7.71. The first-order valence-corrected chi connectivity index (χ1v) is 10.1. The molecule has 3 rings (SSSR count). The molecular weight excluding hydrogens is 430 g/mol. The van der Waals surface area contributed by atoms with Gasteiger partial charge in [-0.05, 0) is 18.2 Å². The number of carbonyl (C=O) groups is 2. The first-order chi connectivity index (χ1) is 14.6. The molecule has 0 aliphatic rings. The van der Waals surface area contributed by atoms with Crippen molar-refractivity contribution < 1.29 is 27.7 Å². The Kier molecular flexibility index (Phi) is 6.08. The third-order valence-corrected chi connectivity index (χ3v) is 4.82. The highest BCUT2D eigenvalue weighted by Gasteiger charge is 2.16. The number of benzene rings is 2. The Morgan fingerprint density at radius 2 is 1.94 bits per heavy atom. The molecule has 0 saturated carbocycles. The first kappa shape index (κ1) is 21.6. The van der Waals surface area contributed by atoms with Gasteiger partial charge >= 0.3 is 5.97 Å². The number of imidazole rings is 1. The fourth-order valence-corrected chi connectivity index (χ4v) is 3.05. The predicted molar refractivity (Wildman–Crippen MR) is 107 cm³/mol. The lowest BCUT2D eigenvalue weighted by Crippen LogP contribution is -2.21. The second kappa shape index (κ2) is 8.73. The quantitative estimate of drug-likeness (QED) is 0.276. The van der Waals surface area contributed by atoms with E-state index in [1.165, 1.54) is 42.6 Å². The van der Waals surface area contributed by atoms with Gasteiger partial charge in [-0.15, -0.1) is 0 Å². The third kappa shape index (κ3) is 5.49. The Labute approximate surface area is 175 Å². The number of anilines is 1. The Bertz CT molecular complexity index is 1270. The molecule has 0 unspecified atom stereocenters. The standard InChI is InChI=1S/C18H15N5O7S/c19-31(28,29)14-6-2-4-12(8-14)21-16(24)10-30-18(25)15-9-20-17(22-15)11-3-1-5-13(7-11)23(26)27/h1-9H,10H2,(H,20,22)(H,21,24)(H2,19,28,29). The number of aromatic nitrogens is 2. The molecule has 160 valence electrons. The van der Waals surface area contributed by atoms with Crippen molar-refractivity contribution in [3.8, 4) is 11.4 Å². The topological polar surface area (TPSA) is 187 Å². The van der Waals surface area contributed by atoms with E-state index in [1.807, 2.05) is 0 Å². The number of sulfonamides is 1. The molecule has 0 bridgehead atoms. The molecule has 4 N–H and O–H groups in total. The summed E-state index contributed by atoms with van der Waals surface area (Å²) >= 11 is 0. The lowest BCUT2D eigenvalue weighted by atomic mass is 10.2. The number of ether oxygens (including phenoxy) is 1. The van der Waals surface area contributed by atoms with Gasteiger partial charge in [-0.3, -0.25) is 14.9 Å². The van der Waals surface area contributed by atoms with Crippen LogP contribution in [0.2, 0.25) is 0 Å². The molecule has 0 radical (unpaired) electrons. The number of carbonyl (C=O) groups excluding carboxylic acids is 2. The highest BCUT2D eigenvalue weighted by atomic mass is 32.2. The molecule has 1 amide bonds. The van der Waals surface area contributed by atoms with Gasteiger partial charge in [-0.25, -0.2) is 23.3 Å². The average Bonchev–Trinajstić information content (AvgIpc) is 3.22. The summed E-state index contributed by atoms with van der Waals surface area (Å²) < 4.78 is 27.6. The minimum absolute atomic E-state index is 0.0643. The molecule has 13 heteroatoms. The largest absolute Gasteiger partial charge is 0.451 e. The fraction of sp³-hybridized carbons (Fsp3) is 0.0556. The van der Waals surface area contributed by atoms with E-state index in [0.29, 0.717) is 5.56 Å². The van der Waals surface area contributed by atoms with Gasteiger partial charge < -0.3 is 15.0 Å². The van der Waals surface area contributed by atoms with E-state index in [4.69, 9.17) is 9.88 Å². The van der Waals surface area contributed by atoms with E-state index < -0.39 is 33.4 Å². The van der Waals surface area contributed by atoms with Crippen LogP contribution < -0.4 is 10.5 Å². The molecule has 0 fully saturated rings. The maximum atomic E-state index is 12.1. The third-order valence-electron chi connectivity index (χ3n) is 3.91. The minimum atomic E-state index is -3.94. The monoisotopic (exact) mass is 445 g/mol. The predicted octanol–water partition coefficient (Wildman–Crippen LogP) is 1.43. The zero-order valence-electron chi connectivity index (χ0n) is 15.6. The minimum Gasteiger partial charge on any atom is -0.451 e. The highest BCUT2D eigenvalue weighted by Crippen LogP contribution is 2.21. The smallest absolute Gasteiger partial charge is 0.356 e. The zero-order valence-corrected chi connectivity index (χ0v) is 16.5. The van der Waals surface area contributed by atoms with Crippen molar-refractivity contribution in [2.75, 3.05) is 11.9 Å². The first-order valence-electron chi connectivity index (χ1n) is 8.53. The number of nitro groups is 1. The Balaban J connectivity index is 1.61. The molecule has 1 heterocycles. The molecule has 3 aromatic rings. The zero-order chi connectivity index (χ0) is 22.6. The van der Waals surface area contributed by atoms with Crippen LogP contribution in [0, 0.1) is 10.1 Å². The van der Waals surface area contributed by atoms with E-state index in [9.17, 15) is 28.1 Å². The number of esters is 1. The number of rotatable bonds is 7. The van der Waals surface area contributed by atoms with Crippen LogP contribution in [0.5, 0.6) is 0 Å².